The first-order chi connectivity index (χ1) is 12.5. The summed E-state index contributed by atoms with van der Waals surface area (Å²) in [5, 5.41) is 17.1. The largest absolute Gasteiger partial charge is 0.465 e. The summed E-state index contributed by atoms with van der Waals surface area (Å²) in [4.78, 5) is 31.4. The molecule has 0 saturated carbocycles. The summed E-state index contributed by atoms with van der Waals surface area (Å²) in [5.41, 5.74) is 2.37. The maximum atomic E-state index is 12.0. The van der Waals surface area contributed by atoms with Crippen molar-refractivity contribution < 1.29 is 9.90 Å². The fourth-order valence-electron chi connectivity index (χ4n) is 2.78. The zero-order chi connectivity index (χ0) is 18.4. The van der Waals surface area contributed by atoms with E-state index in [0.717, 1.165) is 15.8 Å². The van der Waals surface area contributed by atoms with Crippen molar-refractivity contribution in [3.63, 3.8) is 0 Å². The molecule has 0 saturated heterocycles. The molecule has 0 aliphatic rings. The molecular weight excluding hydrogens is 402 g/mol. The van der Waals surface area contributed by atoms with E-state index >= 15 is 0 Å². The van der Waals surface area contributed by atoms with Gasteiger partial charge in [-0.2, -0.15) is 5.10 Å². The maximum Gasteiger partial charge on any atom is 0.413 e. The molecule has 0 atom stereocenters. The quantitative estimate of drug-likeness (QED) is 0.466. The van der Waals surface area contributed by atoms with Crippen molar-refractivity contribution in [2.45, 2.75) is 0 Å². The lowest BCUT2D eigenvalue weighted by molar-refractivity contribution is 0.203. The summed E-state index contributed by atoms with van der Waals surface area (Å²) < 4.78 is 0.684. The number of nitrogens with one attached hydrogen (secondary N) is 2. The van der Waals surface area contributed by atoms with Gasteiger partial charge in [-0.1, -0.05) is 18.2 Å². The van der Waals surface area contributed by atoms with Crippen LogP contribution in [0.3, 0.4) is 0 Å². The number of carbonyl (C=O) groups is 1. The Bertz CT molecular complexity index is 1230. The Kier molecular flexibility index (Phi) is 3.73. The number of aromatic nitrogens is 4. The van der Waals surface area contributed by atoms with E-state index in [4.69, 9.17) is 5.11 Å². The first-order valence-electron chi connectivity index (χ1n) is 7.59. The van der Waals surface area contributed by atoms with Crippen LogP contribution in [0.25, 0.3) is 33.1 Å². The van der Waals surface area contributed by atoms with Gasteiger partial charge in [-0.25, -0.2) is 14.9 Å². The lowest BCUT2D eigenvalue weighted by Crippen LogP contribution is -2.24. The number of halogens is 1. The van der Waals surface area contributed by atoms with E-state index in [-0.39, 0.29) is 11.5 Å². The molecule has 2 aromatic carbocycles. The van der Waals surface area contributed by atoms with Gasteiger partial charge in [0.25, 0.3) is 5.56 Å². The van der Waals surface area contributed by atoms with E-state index in [1.165, 1.54) is 7.05 Å². The van der Waals surface area contributed by atoms with Crippen LogP contribution in [-0.4, -0.2) is 38.4 Å². The molecule has 0 bridgehead atoms. The third-order valence-electron chi connectivity index (χ3n) is 4.10. The van der Waals surface area contributed by atoms with Crippen molar-refractivity contribution in [2.75, 3.05) is 11.9 Å². The minimum Gasteiger partial charge on any atom is -0.465 e. The molecule has 8 nitrogen and oxygen atoms in total. The lowest BCUT2D eigenvalue weighted by atomic mass is 10.0. The van der Waals surface area contributed by atoms with Crippen LogP contribution in [-0.2, 0) is 0 Å². The Hall–Kier alpha value is -3.20. The number of imidazole rings is 1. The second-order valence-electron chi connectivity index (χ2n) is 5.70. The van der Waals surface area contributed by atoms with E-state index in [2.05, 4.69) is 36.1 Å². The molecule has 26 heavy (non-hydrogen) atoms. The molecular formula is C17H12BrN5O3. The zero-order valence-corrected chi connectivity index (χ0v) is 15.0. The second-order valence-corrected chi connectivity index (χ2v) is 6.56. The molecule has 0 fully saturated rings. The fourth-order valence-corrected chi connectivity index (χ4v) is 3.33. The number of amides is 1. The summed E-state index contributed by atoms with van der Waals surface area (Å²) in [6.07, 6.45) is -1.12. The van der Waals surface area contributed by atoms with Gasteiger partial charge in [0, 0.05) is 22.5 Å². The first-order valence-corrected chi connectivity index (χ1v) is 8.38. The molecule has 9 heteroatoms. The number of hydrogen-bond donors (Lipinski definition) is 3. The van der Waals surface area contributed by atoms with E-state index in [9.17, 15) is 9.59 Å². The highest BCUT2D eigenvalue weighted by molar-refractivity contribution is 9.10. The van der Waals surface area contributed by atoms with Crippen LogP contribution >= 0.6 is 15.9 Å². The van der Waals surface area contributed by atoms with Crippen molar-refractivity contribution in [1.82, 2.24) is 20.2 Å². The molecule has 0 aliphatic heterocycles. The van der Waals surface area contributed by atoms with Crippen LogP contribution in [0.4, 0.5) is 10.7 Å². The number of nitrogens with zero attached hydrogens (tertiary/aromatic N) is 3. The standard InChI is InChI=1S/C17H12BrN5O3/c1-23(17(25)26)16-19-12-7-8(6-11(18)14(12)20-16)13-9-4-2-3-5-10(9)15(24)22-21-13/h2-7H,1H3,(H,19,20)(H,22,24)(H,25,26). The highest BCUT2D eigenvalue weighted by Gasteiger charge is 2.17. The van der Waals surface area contributed by atoms with E-state index in [1.54, 1.807) is 12.1 Å². The number of rotatable bonds is 2. The predicted molar refractivity (Wildman–Crippen MR) is 102 cm³/mol. The molecule has 0 unspecified atom stereocenters. The molecule has 2 heterocycles. The van der Waals surface area contributed by atoms with E-state index < -0.39 is 6.09 Å². The Morgan fingerprint density at radius 1 is 1.23 bits per heavy atom. The van der Waals surface area contributed by atoms with E-state index in [1.807, 2.05) is 24.3 Å². The summed E-state index contributed by atoms with van der Waals surface area (Å²) >= 11 is 3.47. The number of H-pyrrole nitrogens is 2. The van der Waals surface area contributed by atoms with Crippen LogP contribution in [0.2, 0.25) is 0 Å². The average molecular weight is 414 g/mol. The molecule has 0 aliphatic carbocycles. The van der Waals surface area contributed by atoms with Gasteiger partial charge in [0.1, 0.15) is 5.52 Å². The number of fused-ring (bicyclic) bond motifs is 2. The Labute approximate surface area is 154 Å². The van der Waals surface area contributed by atoms with Gasteiger partial charge >= 0.3 is 6.09 Å². The Morgan fingerprint density at radius 3 is 2.69 bits per heavy atom. The highest BCUT2D eigenvalue weighted by Crippen LogP contribution is 2.32. The normalized spacial score (nSPS) is 11.2. The first kappa shape index (κ1) is 16.3. The lowest BCUT2D eigenvalue weighted by Gasteiger charge is -2.07. The van der Waals surface area contributed by atoms with Gasteiger partial charge in [0.05, 0.1) is 16.6 Å². The zero-order valence-electron chi connectivity index (χ0n) is 13.4. The fraction of sp³-hybridized carbons (Fsp3) is 0.0588. The van der Waals surface area contributed by atoms with Gasteiger partial charge in [-0.05, 0) is 34.1 Å². The van der Waals surface area contributed by atoms with Crippen molar-refractivity contribution in [3.05, 3.63) is 51.2 Å². The van der Waals surface area contributed by atoms with Crippen LogP contribution in [0.15, 0.2) is 45.7 Å². The van der Waals surface area contributed by atoms with Crippen molar-refractivity contribution in [2.24, 2.45) is 0 Å². The molecule has 1 amide bonds. The van der Waals surface area contributed by atoms with Gasteiger partial charge in [-0.15, -0.1) is 0 Å². The second kappa shape index (κ2) is 5.95. The topological polar surface area (TPSA) is 115 Å². The monoisotopic (exact) mass is 413 g/mol. The third kappa shape index (κ3) is 2.53. The van der Waals surface area contributed by atoms with E-state index in [0.29, 0.717) is 26.6 Å². The molecule has 2 aromatic heterocycles. The molecule has 0 radical (unpaired) electrons. The number of aromatic amines is 2. The summed E-state index contributed by atoms with van der Waals surface area (Å²) in [7, 11) is 1.41. The Balaban J connectivity index is 1.95. The van der Waals surface area contributed by atoms with Crippen molar-refractivity contribution in [3.8, 4) is 11.3 Å². The van der Waals surface area contributed by atoms with Gasteiger partial charge in [0.2, 0.25) is 5.95 Å². The number of anilines is 1. The SMILES string of the molecule is CN(C(=O)O)c1nc2c(Br)cc(-c3n[nH]c(=O)c4ccccc34)cc2[nH]1. The summed E-state index contributed by atoms with van der Waals surface area (Å²) in [5.74, 6) is 0.213. The van der Waals surface area contributed by atoms with Crippen molar-refractivity contribution >= 4 is 49.8 Å². The average Bonchev–Trinajstić information content (AvgIpc) is 3.06. The van der Waals surface area contributed by atoms with Crippen LogP contribution < -0.4 is 10.5 Å². The number of hydrogen-bond acceptors (Lipinski definition) is 4. The van der Waals surface area contributed by atoms with Crippen LogP contribution in [0.5, 0.6) is 0 Å². The minimum absolute atomic E-state index is 0.213. The predicted octanol–water partition coefficient (Wildman–Crippen LogP) is 3.34. The van der Waals surface area contributed by atoms with Crippen molar-refractivity contribution in [1.29, 1.82) is 0 Å². The molecule has 3 N–H and O–H groups in total. The van der Waals surface area contributed by atoms with Gasteiger partial charge in [0.15, 0.2) is 0 Å². The third-order valence-corrected chi connectivity index (χ3v) is 4.71. The van der Waals surface area contributed by atoms with Gasteiger partial charge in [-0.3, -0.25) is 9.69 Å². The van der Waals surface area contributed by atoms with Crippen LogP contribution in [0, 0.1) is 0 Å². The molecule has 0 spiro atoms. The summed E-state index contributed by atoms with van der Waals surface area (Å²) in [6, 6.07) is 10.9. The molecule has 130 valence electrons. The summed E-state index contributed by atoms with van der Waals surface area (Å²) in [6.45, 7) is 0. The Morgan fingerprint density at radius 2 is 1.96 bits per heavy atom. The van der Waals surface area contributed by atoms with Crippen LogP contribution in [0.1, 0.15) is 0 Å². The number of benzene rings is 2. The maximum absolute atomic E-state index is 12.0. The smallest absolute Gasteiger partial charge is 0.413 e. The highest BCUT2D eigenvalue weighted by atomic mass is 79.9. The van der Waals surface area contributed by atoms with Gasteiger partial charge < -0.3 is 10.1 Å². The minimum atomic E-state index is -1.12. The molecule has 4 aromatic rings. The number of carboxylic acid groups (broad SMARTS) is 1. The molecule has 4 rings (SSSR count).